The molecule has 2 amide bonds. The SMILES string of the molecule is CC(C)CN(C(=O)CN(C)C(=O)C[C@H](C)c1ccccc1)c1c(N)n(CC(C)C)c(=O)[nH]c1=O. The molecule has 0 aliphatic carbocycles. The van der Waals surface area contributed by atoms with E-state index in [0.29, 0.717) is 6.54 Å². The molecule has 0 saturated heterocycles. The van der Waals surface area contributed by atoms with Crippen molar-refractivity contribution in [3.63, 3.8) is 0 Å². The lowest BCUT2D eigenvalue weighted by atomic mass is 9.97. The number of hydrogen-bond acceptors (Lipinski definition) is 5. The van der Waals surface area contributed by atoms with Crippen LogP contribution in [0.4, 0.5) is 11.5 Å². The number of nitrogen functional groups attached to an aromatic ring is 1. The Morgan fingerprint density at radius 3 is 2.18 bits per heavy atom. The Bertz CT molecular complexity index is 1100. The van der Waals surface area contributed by atoms with Gasteiger partial charge < -0.3 is 15.5 Å². The third-order valence-electron chi connectivity index (χ3n) is 5.53. The number of aromatic nitrogens is 2. The highest BCUT2D eigenvalue weighted by molar-refractivity contribution is 5.98. The molecular formula is C25H37N5O4. The van der Waals surface area contributed by atoms with E-state index >= 15 is 0 Å². The van der Waals surface area contributed by atoms with Crippen molar-refractivity contribution in [2.45, 2.75) is 53.5 Å². The molecule has 1 atom stereocenters. The summed E-state index contributed by atoms with van der Waals surface area (Å²) in [6.45, 7) is 9.93. The second-order valence-corrected chi connectivity index (χ2v) is 9.66. The zero-order valence-electron chi connectivity index (χ0n) is 21.0. The number of hydrogen-bond donors (Lipinski definition) is 2. The lowest BCUT2D eigenvalue weighted by molar-refractivity contribution is -0.134. The molecule has 1 aromatic heterocycles. The van der Waals surface area contributed by atoms with E-state index in [2.05, 4.69) is 4.98 Å². The summed E-state index contributed by atoms with van der Waals surface area (Å²) in [7, 11) is 1.57. The third-order valence-corrected chi connectivity index (χ3v) is 5.53. The summed E-state index contributed by atoms with van der Waals surface area (Å²) >= 11 is 0. The molecule has 3 N–H and O–H groups in total. The molecule has 2 rings (SSSR count). The first-order valence-electron chi connectivity index (χ1n) is 11.6. The van der Waals surface area contributed by atoms with Crippen molar-refractivity contribution in [2.24, 2.45) is 11.8 Å². The van der Waals surface area contributed by atoms with Crippen molar-refractivity contribution in [1.29, 1.82) is 0 Å². The highest BCUT2D eigenvalue weighted by atomic mass is 16.2. The summed E-state index contributed by atoms with van der Waals surface area (Å²) in [4.78, 5) is 56.1. The minimum atomic E-state index is -0.719. The summed E-state index contributed by atoms with van der Waals surface area (Å²) < 4.78 is 1.28. The van der Waals surface area contributed by atoms with Crippen LogP contribution in [0.2, 0.25) is 0 Å². The fourth-order valence-corrected chi connectivity index (χ4v) is 3.76. The number of nitrogens with one attached hydrogen (secondary N) is 1. The van der Waals surface area contributed by atoms with Gasteiger partial charge in [-0.3, -0.25) is 23.9 Å². The average Bonchev–Trinajstić information content (AvgIpc) is 2.75. The average molecular weight is 472 g/mol. The van der Waals surface area contributed by atoms with Gasteiger partial charge in [-0.15, -0.1) is 0 Å². The summed E-state index contributed by atoms with van der Waals surface area (Å²) in [5.74, 6) is -0.556. The predicted octanol–water partition coefficient (Wildman–Crippen LogP) is 2.42. The fraction of sp³-hybridized carbons (Fsp3) is 0.520. The molecule has 0 bridgehead atoms. The maximum atomic E-state index is 13.3. The zero-order valence-corrected chi connectivity index (χ0v) is 21.0. The number of nitrogens with zero attached hydrogens (tertiary/aromatic N) is 3. The maximum absolute atomic E-state index is 13.3. The molecule has 0 aliphatic heterocycles. The molecular weight excluding hydrogens is 434 g/mol. The molecule has 0 fully saturated rings. The molecule has 0 aliphatic rings. The number of anilines is 2. The minimum Gasteiger partial charge on any atom is -0.383 e. The molecule has 0 saturated carbocycles. The van der Waals surface area contributed by atoms with Gasteiger partial charge in [0.2, 0.25) is 11.8 Å². The Morgan fingerprint density at radius 2 is 1.62 bits per heavy atom. The number of rotatable bonds is 10. The van der Waals surface area contributed by atoms with E-state index in [9.17, 15) is 19.2 Å². The minimum absolute atomic E-state index is 0.00361. The van der Waals surface area contributed by atoms with Gasteiger partial charge in [0.25, 0.3) is 5.56 Å². The number of carbonyl (C=O) groups is 2. The summed E-state index contributed by atoms with van der Waals surface area (Å²) in [5, 5.41) is 0. The van der Waals surface area contributed by atoms with E-state index in [1.807, 2.05) is 65.0 Å². The Balaban J connectivity index is 2.29. The standard InChI is InChI=1S/C25H37N5O4/c1-16(2)13-29(22-23(26)30(14-17(3)4)25(34)27-24(22)33)21(32)15-28(6)20(31)12-18(5)19-10-8-7-9-11-19/h7-11,16-18H,12-15,26H2,1-6H3,(H,27,33,34)/t18-/m0/s1. The number of carbonyl (C=O) groups excluding carboxylic acids is 2. The van der Waals surface area contributed by atoms with E-state index in [-0.39, 0.29) is 54.7 Å². The molecule has 0 unspecified atom stereocenters. The quantitative estimate of drug-likeness (QED) is 0.551. The topological polar surface area (TPSA) is 121 Å². The Morgan fingerprint density at radius 1 is 1.00 bits per heavy atom. The van der Waals surface area contributed by atoms with Gasteiger partial charge in [-0.1, -0.05) is 65.0 Å². The molecule has 9 heteroatoms. The lowest BCUT2D eigenvalue weighted by Gasteiger charge is -2.28. The van der Waals surface area contributed by atoms with Gasteiger partial charge in [-0.2, -0.15) is 0 Å². The molecule has 0 spiro atoms. The van der Waals surface area contributed by atoms with Crippen molar-refractivity contribution in [1.82, 2.24) is 14.5 Å². The highest BCUT2D eigenvalue weighted by Gasteiger charge is 2.27. The van der Waals surface area contributed by atoms with Crippen LogP contribution in [0.3, 0.4) is 0 Å². The van der Waals surface area contributed by atoms with E-state index in [1.54, 1.807) is 7.05 Å². The van der Waals surface area contributed by atoms with E-state index in [4.69, 9.17) is 5.73 Å². The van der Waals surface area contributed by atoms with Crippen LogP contribution in [0.1, 0.15) is 52.5 Å². The van der Waals surface area contributed by atoms with Crippen molar-refractivity contribution in [3.05, 3.63) is 56.7 Å². The molecule has 1 aromatic carbocycles. The van der Waals surface area contributed by atoms with Gasteiger partial charge in [0.1, 0.15) is 5.82 Å². The normalized spacial score (nSPS) is 12.1. The molecule has 0 radical (unpaired) electrons. The van der Waals surface area contributed by atoms with E-state index < -0.39 is 17.2 Å². The van der Waals surface area contributed by atoms with Gasteiger partial charge in [0.05, 0.1) is 6.54 Å². The smallest absolute Gasteiger partial charge is 0.330 e. The maximum Gasteiger partial charge on any atom is 0.330 e. The summed E-state index contributed by atoms with van der Waals surface area (Å²) in [6.07, 6.45) is 0.250. The lowest BCUT2D eigenvalue weighted by Crippen LogP contribution is -2.47. The van der Waals surface area contributed by atoms with Crippen molar-refractivity contribution in [2.75, 3.05) is 30.8 Å². The largest absolute Gasteiger partial charge is 0.383 e. The first-order valence-corrected chi connectivity index (χ1v) is 11.6. The van der Waals surface area contributed by atoms with Crippen LogP contribution in [0.25, 0.3) is 0 Å². The zero-order chi connectivity index (χ0) is 25.6. The van der Waals surface area contributed by atoms with E-state index in [1.165, 1.54) is 14.4 Å². The van der Waals surface area contributed by atoms with Crippen LogP contribution in [0.5, 0.6) is 0 Å². The number of benzene rings is 1. The third kappa shape index (κ3) is 6.82. The van der Waals surface area contributed by atoms with Crippen molar-refractivity contribution >= 4 is 23.3 Å². The summed E-state index contributed by atoms with van der Waals surface area (Å²) in [5.41, 5.74) is 5.89. The van der Waals surface area contributed by atoms with Gasteiger partial charge in [0, 0.05) is 26.6 Å². The van der Waals surface area contributed by atoms with Gasteiger partial charge in [-0.05, 0) is 23.3 Å². The van der Waals surface area contributed by atoms with Gasteiger partial charge in [-0.25, -0.2) is 4.79 Å². The number of nitrogens with two attached hydrogens (primary N) is 1. The van der Waals surface area contributed by atoms with Crippen LogP contribution < -0.4 is 21.9 Å². The van der Waals surface area contributed by atoms with Crippen LogP contribution in [0.15, 0.2) is 39.9 Å². The number of likely N-dealkylation sites (N-methyl/N-ethyl adjacent to an activating group) is 1. The number of H-pyrrole nitrogens is 1. The number of amides is 2. The fourth-order valence-electron chi connectivity index (χ4n) is 3.76. The summed E-state index contributed by atoms with van der Waals surface area (Å²) in [6, 6.07) is 9.70. The van der Waals surface area contributed by atoms with Gasteiger partial charge in [0.15, 0.2) is 5.69 Å². The molecule has 186 valence electrons. The van der Waals surface area contributed by atoms with Crippen LogP contribution in [-0.4, -0.2) is 46.4 Å². The Hall–Kier alpha value is -3.36. The Labute approximate surface area is 200 Å². The molecule has 1 heterocycles. The monoisotopic (exact) mass is 471 g/mol. The van der Waals surface area contributed by atoms with Crippen molar-refractivity contribution < 1.29 is 9.59 Å². The van der Waals surface area contributed by atoms with Crippen LogP contribution in [0, 0.1) is 11.8 Å². The predicted molar refractivity (Wildman–Crippen MR) is 135 cm³/mol. The second kappa shape index (κ2) is 11.7. The second-order valence-electron chi connectivity index (χ2n) is 9.66. The first kappa shape index (κ1) is 26.9. The van der Waals surface area contributed by atoms with Crippen LogP contribution in [-0.2, 0) is 16.1 Å². The van der Waals surface area contributed by atoms with Gasteiger partial charge >= 0.3 is 5.69 Å². The Kier molecular flexibility index (Phi) is 9.23. The molecule has 9 nitrogen and oxygen atoms in total. The molecule has 2 aromatic rings. The first-order chi connectivity index (χ1) is 15.9. The number of aromatic amines is 1. The highest BCUT2D eigenvalue weighted by Crippen LogP contribution is 2.21. The van der Waals surface area contributed by atoms with Crippen LogP contribution >= 0.6 is 0 Å². The van der Waals surface area contributed by atoms with E-state index in [0.717, 1.165) is 5.56 Å². The van der Waals surface area contributed by atoms with Crippen molar-refractivity contribution in [3.8, 4) is 0 Å². The molecule has 34 heavy (non-hydrogen) atoms.